The first-order valence-corrected chi connectivity index (χ1v) is 4.18. The molecule has 80 valence electrons. The fourth-order valence-corrected chi connectivity index (χ4v) is 1.67. The van der Waals surface area contributed by atoms with Crippen LogP contribution >= 0.6 is 0 Å². The molecular weight excluding hydrogens is 190 g/mol. The summed E-state index contributed by atoms with van der Waals surface area (Å²) in [6.45, 7) is 1.50. The molecule has 1 aliphatic heterocycles. The number of carbonyl (C=O) groups is 2. The molecule has 0 aromatic heterocycles. The van der Waals surface area contributed by atoms with Gasteiger partial charge in [0, 0.05) is 13.5 Å². The van der Waals surface area contributed by atoms with Gasteiger partial charge in [0.25, 0.3) is 0 Å². The lowest BCUT2D eigenvalue weighted by atomic mass is 9.99. The Bertz CT molecular complexity index is 266. The molecule has 1 aliphatic rings. The molecule has 0 bridgehead atoms. The maximum atomic E-state index is 10.9. The number of carboxylic acid groups (broad SMARTS) is 2. The second kappa shape index (κ2) is 3.45. The minimum absolute atomic E-state index is 0.106. The van der Waals surface area contributed by atoms with Crippen molar-refractivity contribution in [1.82, 2.24) is 4.90 Å². The van der Waals surface area contributed by atoms with E-state index >= 15 is 0 Å². The van der Waals surface area contributed by atoms with Gasteiger partial charge in [-0.3, -0.25) is 4.90 Å². The van der Waals surface area contributed by atoms with Crippen molar-refractivity contribution >= 4 is 12.1 Å². The van der Waals surface area contributed by atoms with Gasteiger partial charge in [-0.25, -0.2) is 9.59 Å². The van der Waals surface area contributed by atoms with E-state index in [1.165, 1.54) is 14.0 Å². The molecule has 0 aromatic carbocycles. The number of methoxy groups -OCH3 is 1. The number of ether oxygens (including phenoxy) is 1. The smallest absolute Gasteiger partial charge is 0.408 e. The van der Waals surface area contributed by atoms with Crippen molar-refractivity contribution in [2.45, 2.75) is 25.0 Å². The summed E-state index contributed by atoms with van der Waals surface area (Å²) in [6, 6.07) is 0. The van der Waals surface area contributed by atoms with Crippen LogP contribution in [0.3, 0.4) is 0 Å². The lowest BCUT2D eigenvalue weighted by Crippen LogP contribution is -2.50. The van der Waals surface area contributed by atoms with Crippen LogP contribution in [0, 0.1) is 0 Å². The van der Waals surface area contributed by atoms with E-state index in [2.05, 4.69) is 0 Å². The van der Waals surface area contributed by atoms with Gasteiger partial charge in [0.05, 0.1) is 12.6 Å². The summed E-state index contributed by atoms with van der Waals surface area (Å²) in [4.78, 5) is 22.6. The van der Waals surface area contributed by atoms with Gasteiger partial charge >= 0.3 is 12.1 Å². The van der Waals surface area contributed by atoms with Crippen molar-refractivity contribution < 1.29 is 24.5 Å². The Balaban J connectivity index is 2.92. The first-order valence-electron chi connectivity index (χ1n) is 4.18. The molecule has 0 aliphatic carbocycles. The van der Waals surface area contributed by atoms with Gasteiger partial charge in [0.2, 0.25) is 0 Å². The van der Waals surface area contributed by atoms with Crippen LogP contribution in [0.15, 0.2) is 0 Å². The summed E-state index contributed by atoms with van der Waals surface area (Å²) in [5.41, 5.74) is -1.37. The van der Waals surface area contributed by atoms with E-state index in [0.717, 1.165) is 4.90 Å². The van der Waals surface area contributed by atoms with Gasteiger partial charge in [-0.05, 0) is 6.92 Å². The quantitative estimate of drug-likeness (QED) is 0.670. The van der Waals surface area contributed by atoms with Crippen LogP contribution in [-0.2, 0) is 9.53 Å². The number of likely N-dealkylation sites (tertiary alicyclic amines) is 1. The Morgan fingerprint density at radius 3 is 2.36 bits per heavy atom. The lowest BCUT2D eigenvalue weighted by molar-refractivity contribution is -0.147. The topological polar surface area (TPSA) is 87.1 Å². The van der Waals surface area contributed by atoms with E-state index in [9.17, 15) is 9.59 Å². The number of carboxylic acids is 1. The third kappa shape index (κ3) is 1.52. The van der Waals surface area contributed by atoms with Gasteiger partial charge < -0.3 is 14.9 Å². The Morgan fingerprint density at radius 1 is 1.50 bits per heavy atom. The number of rotatable bonds is 2. The van der Waals surface area contributed by atoms with Crippen LogP contribution in [0.5, 0.6) is 0 Å². The maximum absolute atomic E-state index is 10.9. The molecule has 0 radical (unpaired) electrons. The number of hydrogen-bond acceptors (Lipinski definition) is 3. The highest BCUT2D eigenvalue weighted by Gasteiger charge is 2.50. The van der Waals surface area contributed by atoms with Crippen LogP contribution in [0.4, 0.5) is 4.79 Å². The normalized spacial score (nSPS) is 31.9. The number of nitrogens with zero attached hydrogens (tertiary/aromatic N) is 1. The predicted octanol–water partition coefficient (Wildman–Crippen LogP) is 0.228. The minimum Gasteiger partial charge on any atom is -0.480 e. The van der Waals surface area contributed by atoms with Gasteiger partial charge in [0.15, 0.2) is 0 Å². The molecule has 1 heterocycles. The van der Waals surface area contributed by atoms with E-state index in [1.807, 2.05) is 0 Å². The Morgan fingerprint density at radius 2 is 2.07 bits per heavy atom. The van der Waals surface area contributed by atoms with E-state index < -0.39 is 17.6 Å². The molecule has 1 saturated heterocycles. The van der Waals surface area contributed by atoms with E-state index in [0.29, 0.717) is 0 Å². The van der Waals surface area contributed by atoms with Gasteiger partial charge in [-0.2, -0.15) is 0 Å². The summed E-state index contributed by atoms with van der Waals surface area (Å²) >= 11 is 0. The van der Waals surface area contributed by atoms with Crippen molar-refractivity contribution in [3.63, 3.8) is 0 Å². The standard InChI is InChI=1S/C8H13NO5/c1-8(6(10)11)3-5(14-2)4-9(8)7(12)13/h5H,3-4H2,1-2H3,(H,10,11)(H,12,13)/t5-,8-/m0/s1. The Kier molecular flexibility index (Phi) is 2.66. The van der Waals surface area contributed by atoms with Crippen LogP contribution in [0.2, 0.25) is 0 Å². The predicted molar refractivity (Wildman–Crippen MR) is 46.2 cm³/mol. The zero-order valence-corrected chi connectivity index (χ0v) is 8.06. The summed E-state index contributed by atoms with van der Waals surface area (Å²) in [5.74, 6) is -1.14. The van der Waals surface area contributed by atoms with E-state index in [1.54, 1.807) is 0 Å². The van der Waals surface area contributed by atoms with Crippen LogP contribution < -0.4 is 0 Å². The van der Waals surface area contributed by atoms with Crippen LogP contribution in [0.25, 0.3) is 0 Å². The molecule has 0 spiro atoms. The zero-order chi connectivity index (χ0) is 10.9. The van der Waals surface area contributed by atoms with Crippen LogP contribution in [0.1, 0.15) is 13.3 Å². The van der Waals surface area contributed by atoms with Crippen molar-refractivity contribution in [1.29, 1.82) is 0 Å². The van der Waals surface area contributed by atoms with E-state index in [4.69, 9.17) is 14.9 Å². The Labute approximate surface area is 81.1 Å². The molecule has 0 saturated carbocycles. The molecule has 0 unspecified atom stereocenters. The third-order valence-corrected chi connectivity index (χ3v) is 2.63. The maximum Gasteiger partial charge on any atom is 0.408 e. The molecule has 14 heavy (non-hydrogen) atoms. The SMILES string of the molecule is CO[C@@H]1CN(C(=O)O)[C@](C)(C(=O)O)C1. The first-order chi connectivity index (χ1) is 6.41. The summed E-state index contributed by atoms with van der Waals surface area (Å²) in [6.07, 6.45) is -1.38. The fourth-order valence-electron chi connectivity index (χ4n) is 1.67. The lowest BCUT2D eigenvalue weighted by Gasteiger charge is -2.27. The largest absolute Gasteiger partial charge is 0.480 e. The second-order valence-electron chi connectivity index (χ2n) is 3.53. The molecule has 1 rings (SSSR count). The number of hydrogen-bond donors (Lipinski definition) is 2. The van der Waals surface area contributed by atoms with Crippen LogP contribution in [-0.4, -0.2) is 52.5 Å². The zero-order valence-electron chi connectivity index (χ0n) is 8.06. The van der Waals surface area contributed by atoms with E-state index in [-0.39, 0.29) is 19.1 Å². The number of amides is 1. The monoisotopic (exact) mass is 203 g/mol. The molecule has 1 fully saturated rings. The summed E-state index contributed by atoms with van der Waals surface area (Å²) < 4.78 is 4.97. The average molecular weight is 203 g/mol. The first kappa shape index (κ1) is 10.8. The highest BCUT2D eigenvalue weighted by atomic mass is 16.5. The van der Waals surface area contributed by atoms with Crippen molar-refractivity contribution in [3.05, 3.63) is 0 Å². The van der Waals surface area contributed by atoms with Gasteiger partial charge in [-0.15, -0.1) is 0 Å². The summed E-state index contributed by atoms with van der Waals surface area (Å²) in [5, 5.41) is 17.8. The average Bonchev–Trinajstić information content (AvgIpc) is 2.44. The fraction of sp³-hybridized carbons (Fsp3) is 0.750. The van der Waals surface area contributed by atoms with Crippen molar-refractivity contribution in [2.75, 3.05) is 13.7 Å². The molecule has 6 nitrogen and oxygen atoms in total. The molecule has 2 atom stereocenters. The molecule has 2 N–H and O–H groups in total. The highest BCUT2D eigenvalue weighted by molar-refractivity contribution is 5.84. The third-order valence-electron chi connectivity index (χ3n) is 2.63. The molecule has 6 heteroatoms. The highest BCUT2D eigenvalue weighted by Crippen LogP contribution is 2.30. The molecular formula is C8H13NO5. The summed E-state index contributed by atoms with van der Waals surface area (Å²) in [7, 11) is 1.44. The van der Waals surface area contributed by atoms with Gasteiger partial charge in [-0.1, -0.05) is 0 Å². The minimum atomic E-state index is -1.37. The Hall–Kier alpha value is -1.30. The van der Waals surface area contributed by atoms with Gasteiger partial charge in [0.1, 0.15) is 5.54 Å². The molecule has 0 aromatic rings. The van der Waals surface area contributed by atoms with Crippen molar-refractivity contribution in [3.8, 4) is 0 Å². The second-order valence-corrected chi connectivity index (χ2v) is 3.53. The molecule has 1 amide bonds. The number of aliphatic carboxylic acids is 1. The van der Waals surface area contributed by atoms with Crippen molar-refractivity contribution in [2.24, 2.45) is 0 Å².